The van der Waals surface area contributed by atoms with Crippen molar-refractivity contribution in [3.8, 4) is 11.6 Å². The zero-order chi connectivity index (χ0) is 19.7. The molecule has 7 heteroatoms. The molecule has 28 heavy (non-hydrogen) atoms. The fourth-order valence-corrected chi connectivity index (χ4v) is 3.17. The van der Waals surface area contributed by atoms with Gasteiger partial charge >= 0.3 is 0 Å². The van der Waals surface area contributed by atoms with Crippen molar-refractivity contribution < 1.29 is 14.3 Å². The van der Waals surface area contributed by atoms with Gasteiger partial charge in [-0.15, -0.1) is 0 Å². The van der Waals surface area contributed by atoms with Crippen LogP contribution in [0.25, 0.3) is 0 Å². The van der Waals surface area contributed by atoms with Crippen LogP contribution in [-0.4, -0.2) is 23.3 Å². The topological polar surface area (TPSA) is 71.5 Å². The lowest BCUT2D eigenvalue weighted by atomic mass is 10.2. The number of carbonyl (C=O) groups excluding carboxylic acids is 2. The lowest BCUT2D eigenvalue weighted by molar-refractivity contribution is -0.114. The Morgan fingerprint density at radius 2 is 1.96 bits per heavy atom. The molecule has 0 spiro atoms. The first kappa shape index (κ1) is 18.0. The third-order valence-electron chi connectivity index (χ3n) is 4.45. The second-order valence-corrected chi connectivity index (χ2v) is 6.68. The lowest BCUT2D eigenvalue weighted by Crippen LogP contribution is -2.37. The molecule has 0 radical (unpaired) electrons. The third kappa shape index (κ3) is 3.30. The number of amides is 2. The number of rotatable bonds is 3. The highest BCUT2D eigenvalue weighted by Crippen LogP contribution is 2.37. The molecule has 4 rings (SSSR count). The van der Waals surface area contributed by atoms with E-state index in [0.29, 0.717) is 27.7 Å². The molecule has 1 N–H and O–H groups in total. The number of aromatic nitrogens is 1. The standard InChI is InChI=1S/C21H16ClN3O3/c1-13-15(22)7-4-8-16(13)24-19(26)12-25-17-9-2-3-10-18(17)28-20-14(21(25)27)6-5-11-23-20/h2-11H,12H2,1H3,(H,24,26). The molecule has 2 aromatic carbocycles. The smallest absolute Gasteiger partial charge is 0.264 e. The molecule has 0 fully saturated rings. The summed E-state index contributed by atoms with van der Waals surface area (Å²) in [7, 11) is 0. The number of pyridine rings is 1. The largest absolute Gasteiger partial charge is 0.436 e. The normalized spacial score (nSPS) is 12.5. The monoisotopic (exact) mass is 393 g/mol. The average molecular weight is 394 g/mol. The van der Waals surface area contributed by atoms with Crippen molar-refractivity contribution >= 4 is 34.8 Å². The molecule has 0 atom stereocenters. The van der Waals surface area contributed by atoms with Gasteiger partial charge in [-0.05, 0) is 48.9 Å². The van der Waals surface area contributed by atoms with Gasteiger partial charge in [-0.3, -0.25) is 14.5 Å². The molecule has 2 heterocycles. The highest BCUT2D eigenvalue weighted by molar-refractivity contribution is 6.31. The van der Waals surface area contributed by atoms with E-state index in [0.717, 1.165) is 5.56 Å². The van der Waals surface area contributed by atoms with Gasteiger partial charge in [-0.1, -0.05) is 29.8 Å². The predicted molar refractivity (Wildman–Crippen MR) is 107 cm³/mol. The van der Waals surface area contributed by atoms with Gasteiger partial charge in [-0.25, -0.2) is 4.98 Å². The Hall–Kier alpha value is -3.38. The van der Waals surface area contributed by atoms with E-state index < -0.39 is 0 Å². The van der Waals surface area contributed by atoms with Gasteiger partial charge in [0.05, 0.1) is 5.69 Å². The second-order valence-electron chi connectivity index (χ2n) is 6.28. The summed E-state index contributed by atoms with van der Waals surface area (Å²) in [6.45, 7) is 1.64. The number of carbonyl (C=O) groups is 2. The van der Waals surface area contributed by atoms with Crippen LogP contribution in [0.3, 0.4) is 0 Å². The maximum absolute atomic E-state index is 13.1. The highest BCUT2D eigenvalue weighted by Gasteiger charge is 2.30. The van der Waals surface area contributed by atoms with Crippen LogP contribution in [0.15, 0.2) is 60.8 Å². The quantitative estimate of drug-likeness (QED) is 0.714. The second kappa shape index (κ2) is 7.32. The van der Waals surface area contributed by atoms with Gasteiger partial charge < -0.3 is 10.1 Å². The molecule has 0 bridgehead atoms. The van der Waals surface area contributed by atoms with Crippen molar-refractivity contribution in [1.29, 1.82) is 0 Å². The summed E-state index contributed by atoms with van der Waals surface area (Å²) in [5.41, 5.74) is 2.17. The first-order chi connectivity index (χ1) is 13.5. The summed E-state index contributed by atoms with van der Waals surface area (Å²) in [5, 5.41) is 3.38. The molecular weight excluding hydrogens is 378 g/mol. The summed E-state index contributed by atoms with van der Waals surface area (Å²) in [5.74, 6) is -0.0274. The number of ether oxygens (including phenoxy) is 1. The van der Waals surface area contributed by atoms with Gasteiger partial charge in [-0.2, -0.15) is 0 Å². The maximum atomic E-state index is 13.1. The molecule has 2 amide bonds. The van der Waals surface area contributed by atoms with E-state index in [9.17, 15) is 9.59 Å². The number of fused-ring (bicyclic) bond motifs is 2. The van der Waals surface area contributed by atoms with Crippen LogP contribution in [0, 0.1) is 6.92 Å². The van der Waals surface area contributed by atoms with E-state index >= 15 is 0 Å². The summed E-state index contributed by atoms with van der Waals surface area (Å²) in [6, 6.07) is 15.6. The van der Waals surface area contributed by atoms with Crippen LogP contribution < -0.4 is 15.0 Å². The molecule has 0 unspecified atom stereocenters. The minimum absolute atomic E-state index is 0.181. The maximum Gasteiger partial charge on any atom is 0.264 e. The number of hydrogen-bond acceptors (Lipinski definition) is 4. The minimum Gasteiger partial charge on any atom is -0.436 e. The first-order valence-electron chi connectivity index (χ1n) is 8.63. The van der Waals surface area contributed by atoms with Crippen LogP contribution in [-0.2, 0) is 4.79 Å². The third-order valence-corrected chi connectivity index (χ3v) is 4.86. The average Bonchev–Trinajstić information content (AvgIpc) is 2.81. The summed E-state index contributed by atoms with van der Waals surface area (Å²) in [6.07, 6.45) is 1.55. The SMILES string of the molecule is Cc1c(Cl)cccc1NC(=O)CN1C(=O)c2cccnc2Oc2ccccc21. The number of hydrogen-bond donors (Lipinski definition) is 1. The van der Waals surface area contributed by atoms with Crippen molar-refractivity contribution in [3.63, 3.8) is 0 Å². The van der Waals surface area contributed by atoms with Crippen molar-refractivity contribution in [2.75, 3.05) is 16.8 Å². The molecule has 1 aliphatic rings. The van der Waals surface area contributed by atoms with E-state index in [2.05, 4.69) is 10.3 Å². The number of para-hydroxylation sites is 2. The van der Waals surface area contributed by atoms with Crippen LogP contribution in [0.5, 0.6) is 11.6 Å². The van der Waals surface area contributed by atoms with E-state index in [1.165, 1.54) is 4.90 Å². The molecule has 0 saturated heterocycles. The highest BCUT2D eigenvalue weighted by atomic mass is 35.5. The molecule has 1 aromatic heterocycles. The fourth-order valence-electron chi connectivity index (χ4n) is 2.99. The Bertz CT molecular complexity index is 1080. The molecule has 140 valence electrons. The summed E-state index contributed by atoms with van der Waals surface area (Å²) in [4.78, 5) is 31.4. The number of benzene rings is 2. The van der Waals surface area contributed by atoms with Gasteiger partial charge in [0, 0.05) is 16.9 Å². The van der Waals surface area contributed by atoms with Gasteiger partial charge in [0.15, 0.2) is 5.75 Å². The summed E-state index contributed by atoms with van der Waals surface area (Å²) < 4.78 is 5.82. The van der Waals surface area contributed by atoms with Gasteiger partial charge in [0.25, 0.3) is 5.91 Å². The van der Waals surface area contributed by atoms with E-state index in [-0.39, 0.29) is 24.2 Å². The van der Waals surface area contributed by atoms with Crippen molar-refractivity contribution in [2.24, 2.45) is 0 Å². The zero-order valence-electron chi connectivity index (χ0n) is 15.0. The molecular formula is C21H16ClN3O3. The number of anilines is 2. The predicted octanol–water partition coefficient (Wildman–Crippen LogP) is 4.43. The Balaban J connectivity index is 1.67. The minimum atomic E-state index is -0.356. The zero-order valence-corrected chi connectivity index (χ0v) is 15.7. The molecule has 3 aromatic rings. The van der Waals surface area contributed by atoms with Crippen molar-refractivity contribution in [2.45, 2.75) is 6.92 Å². The molecule has 1 aliphatic heterocycles. The molecule has 0 aliphatic carbocycles. The van der Waals surface area contributed by atoms with E-state index in [4.69, 9.17) is 16.3 Å². The molecule has 0 saturated carbocycles. The van der Waals surface area contributed by atoms with Crippen LogP contribution in [0.2, 0.25) is 5.02 Å². The fraction of sp³-hybridized carbons (Fsp3) is 0.0952. The number of nitrogens with zero attached hydrogens (tertiary/aromatic N) is 2. The van der Waals surface area contributed by atoms with Crippen molar-refractivity contribution in [1.82, 2.24) is 4.98 Å². The van der Waals surface area contributed by atoms with E-state index in [1.807, 2.05) is 6.92 Å². The Labute approximate surface area is 166 Å². The Morgan fingerprint density at radius 3 is 2.82 bits per heavy atom. The van der Waals surface area contributed by atoms with Gasteiger partial charge in [0.2, 0.25) is 11.8 Å². The Morgan fingerprint density at radius 1 is 1.14 bits per heavy atom. The van der Waals surface area contributed by atoms with Gasteiger partial charge in [0.1, 0.15) is 12.1 Å². The lowest BCUT2D eigenvalue weighted by Gasteiger charge is -2.21. The van der Waals surface area contributed by atoms with Crippen LogP contribution in [0.4, 0.5) is 11.4 Å². The van der Waals surface area contributed by atoms with Crippen molar-refractivity contribution in [3.05, 3.63) is 76.9 Å². The van der Waals surface area contributed by atoms with Crippen LogP contribution >= 0.6 is 11.6 Å². The first-order valence-corrected chi connectivity index (χ1v) is 9.01. The number of halogens is 1. The van der Waals surface area contributed by atoms with E-state index in [1.54, 1.807) is 60.8 Å². The number of nitrogens with one attached hydrogen (secondary N) is 1. The molecule has 6 nitrogen and oxygen atoms in total. The Kier molecular flexibility index (Phi) is 4.71. The van der Waals surface area contributed by atoms with Crippen LogP contribution in [0.1, 0.15) is 15.9 Å². The summed E-state index contributed by atoms with van der Waals surface area (Å²) >= 11 is 6.12.